The number of carboxylic acids is 1. The van der Waals surface area contributed by atoms with Crippen LogP contribution in [0.1, 0.15) is 31.4 Å². The van der Waals surface area contributed by atoms with Gasteiger partial charge in [0.15, 0.2) is 0 Å². The van der Waals surface area contributed by atoms with Crippen molar-refractivity contribution in [3.8, 4) is 0 Å². The quantitative estimate of drug-likeness (QED) is 0.816. The summed E-state index contributed by atoms with van der Waals surface area (Å²) in [6, 6.07) is 5.76. The van der Waals surface area contributed by atoms with Crippen molar-refractivity contribution in [1.82, 2.24) is 0 Å². The van der Waals surface area contributed by atoms with Gasteiger partial charge in [-0.15, -0.1) is 0 Å². The van der Waals surface area contributed by atoms with Crippen LogP contribution in [-0.2, 0) is 16.6 Å². The topological polar surface area (TPSA) is 37.3 Å². The van der Waals surface area contributed by atoms with Gasteiger partial charge < -0.3 is 5.11 Å². The molecule has 0 saturated carbocycles. The molecule has 0 saturated heterocycles. The average molecular weight is 239 g/mol. The largest absolute Gasteiger partial charge is 0.481 e. The van der Waals surface area contributed by atoms with E-state index in [0.717, 1.165) is 22.6 Å². The second-order valence-corrected chi connectivity index (χ2v) is 5.32. The van der Waals surface area contributed by atoms with E-state index in [0.29, 0.717) is 6.42 Å². The van der Waals surface area contributed by atoms with Crippen LogP contribution in [-0.4, -0.2) is 11.1 Å². The van der Waals surface area contributed by atoms with Gasteiger partial charge in [0, 0.05) is 10.4 Å². The van der Waals surface area contributed by atoms with E-state index in [4.69, 9.17) is 11.6 Å². The minimum absolute atomic E-state index is 0.321. The van der Waals surface area contributed by atoms with Crippen LogP contribution in [0.4, 0.5) is 0 Å². The summed E-state index contributed by atoms with van der Waals surface area (Å²) in [4.78, 5) is 11.2. The van der Waals surface area contributed by atoms with Crippen LogP contribution < -0.4 is 0 Å². The smallest absolute Gasteiger partial charge is 0.307 e. The fraction of sp³-hybridized carbons (Fsp3) is 0.462. The molecule has 0 spiro atoms. The lowest BCUT2D eigenvalue weighted by Crippen LogP contribution is -2.39. The average Bonchev–Trinajstić information content (AvgIpc) is 2.18. The summed E-state index contributed by atoms with van der Waals surface area (Å²) in [5.41, 5.74) is 1.86. The number of hydrogen-bond acceptors (Lipinski definition) is 1. The van der Waals surface area contributed by atoms with Crippen molar-refractivity contribution in [2.75, 3.05) is 0 Å². The Morgan fingerprint density at radius 2 is 2.19 bits per heavy atom. The molecule has 2 rings (SSSR count). The lowest BCUT2D eigenvalue weighted by molar-refractivity contribution is -0.144. The Bertz CT molecular complexity index is 438. The Hall–Kier alpha value is -1.02. The summed E-state index contributed by atoms with van der Waals surface area (Å²) in [6.07, 6.45) is 1.43. The van der Waals surface area contributed by atoms with Gasteiger partial charge in [0.1, 0.15) is 0 Å². The van der Waals surface area contributed by atoms with Crippen LogP contribution in [0.15, 0.2) is 18.2 Å². The van der Waals surface area contributed by atoms with Crippen molar-refractivity contribution in [2.45, 2.75) is 32.1 Å². The first kappa shape index (κ1) is 11.5. The number of fused-ring (bicyclic) bond motifs is 1. The summed E-state index contributed by atoms with van der Waals surface area (Å²) in [5, 5.41) is 9.99. The first-order valence-corrected chi connectivity index (χ1v) is 5.83. The van der Waals surface area contributed by atoms with Gasteiger partial charge in [-0.2, -0.15) is 0 Å². The standard InChI is InChI=1S/C13H15ClO2/c1-13(2)9-4-3-5-11(14)8(9)6-7-10(13)12(15)16/h3-5,10H,6-7H2,1-2H3,(H,15,16). The number of carbonyl (C=O) groups is 1. The molecule has 1 N–H and O–H groups in total. The number of hydrogen-bond donors (Lipinski definition) is 1. The van der Waals surface area contributed by atoms with Crippen molar-refractivity contribution in [2.24, 2.45) is 5.92 Å². The number of benzene rings is 1. The van der Waals surface area contributed by atoms with Gasteiger partial charge >= 0.3 is 5.97 Å². The van der Waals surface area contributed by atoms with Crippen molar-refractivity contribution in [1.29, 1.82) is 0 Å². The molecule has 1 aromatic carbocycles. The van der Waals surface area contributed by atoms with Crippen LogP contribution in [0.25, 0.3) is 0 Å². The minimum Gasteiger partial charge on any atom is -0.481 e. The minimum atomic E-state index is -0.712. The Labute approximate surface area is 100 Å². The number of carboxylic acid groups (broad SMARTS) is 1. The van der Waals surface area contributed by atoms with Gasteiger partial charge in [0.05, 0.1) is 5.92 Å². The molecule has 0 bridgehead atoms. The predicted octanol–water partition coefficient (Wildman–Crippen LogP) is 3.26. The fourth-order valence-corrected chi connectivity index (χ4v) is 2.95. The van der Waals surface area contributed by atoms with Crippen LogP contribution in [0.3, 0.4) is 0 Å². The number of aliphatic carboxylic acids is 1. The predicted molar refractivity (Wildman–Crippen MR) is 63.9 cm³/mol. The summed E-state index contributed by atoms with van der Waals surface area (Å²) < 4.78 is 0. The summed E-state index contributed by atoms with van der Waals surface area (Å²) in [5.74, 6) is -1.03. The zero-order valence-corrected chi connectivity index (χ0v) is 10.2. The van der Waals surface area contributed by atoms with E-state index in [-0.39, 0.29) is 11.3 Å². The maximum Gasteiger partial charge on any atom is 0.307 e. The highest BCUT2D eigenvalue weighted by Crippen LogP contribution is 2.43. The fourth-order valence-electron chi connectivity index (χ4n) is 2.69. The maximum absolute atomic E-state index is 11.2. The van der Waals surface area contributed by atoms with Crippen molar-refractivity contribution < 1.29 is 9.90 Å². The maximum atomic E-state index is 11.2. The first-order chi connectivity index (χ1) is 7.44. The molecule has 1 unspecified atom stereocenters. The Balaban J connectivity index is 2.55. The second kappa shape index (κ2) is 3.77. The molecule has 0 radical (unpaired) electrons. The van der Waals surface area contributed by atoms with E-state index in [9.17, 15) is 9.90 Å². The number of halogens is 1. The summed E-state index contributed by atoms with van der Waals surface area (Å²) >= 11 is 6.15. The van der Waals surface area contributed by atoms with Crippen molar-refractivity contribution >= 4 is 17.6 Å². The lowest BCUT2D eigenvalue weighted by atomic mass is 9.65. The van der Waals surface area contributed by atoms with E-state index in [1.807, 2.05) is 32.0 Å². The Morgan fingerprint density at radius 1 is 1.50 bits per heavy atom. The van der Waals surface area contributed by atoms with Gasteiger partial charge in [0.25, 0.3) is 0 Å². The molecule has 1 atom stereocenters. The van der Waals surface area contributed by atoms with Gasteiger partial charge in [-0.1, -0.05) is 37.6 Å². The Kier molecular flexibility index (Phi) is 2.70. The summed E-state index contributed by atoms with van der Waals surface area (Å²) in [6.45, 7) is 3.97. The highest BCUT2D eigenvalue weighted by Gasteiger charge is 2.41. The zero-order chi connectivity index (χ0) is 11.9. The molecule has 1 aromatic rings. The van der Waals surface area contributed by atoms with E-state index < -0.39 is 5.97 Å². The van der Waals surface area contributed by atoms with E-state index in [1.54, 1.807) is 0 Å². The van der Waals surface area contributed by atoms with Crippen LogP contribution in [0, 0.1) is 5.92 Å². The zero-order valence-electron chi connectivity index (χ0n) is 9.46. The molecule has 86 valence electrons. The molecular weight excluding hydrogens is 224 g/mol. The number of rotatable bonds is 1. The van der Waals surface area contributed by atoms with Gasteiger partial charge in [-0.3, -0.25) is 4.79 Å². The highest BCUT2D eigenvalue weighted by atomic mass is 35.5. The molecule has 0 aromatic heterocycles. The SMILES string of the molecule is CC1(C)c2cccc(Cl)c2CCC1C(=O)O. The summed E-state index contributed by atoms with van der Waals surface area (Å²) in [7, 11) is 0. The third kappa shape index (κ3) is 1.61. The molecule has 1 aliphatic carbocycles. The third-order valence-corrected chi connectivity index (χ3v) is 4.02. The molecule has 1 aliphatic rings. The van der Waals surface area contributed by atoms with E-state index in [2.05, 4.69) is 0 Å². The van der Waals surface area contributed by atoms with Crippen molar-refractivity contribution in [3.05, 3.63) is 34.3 Å². The second-order valence-electron chi connectivity index (χ2n) is 4.92. The molecular formula is C13H15ClO2. The molecule has 0 aliphatic heterocycles. The lowest BCUT2D eigenvalue weighted by Gasteiger charge is -2.38. The van der Waals surface area contributed by atoms with Crippen LogP contribution in [0.5, 0.6) is 0 Å². The molecule has 3 heteroatoms. The van der Waals surface area contributed by atoms with E-state index in [1.165, 1.54) is 0 Å². The normalized spacial score (nSPS) is 22.6. The van der Waals surface area contributed by atoms with Gasteiger partial charge in [0.2, 0.25) is 0 Å². The highest BCUT2D eigenvalue weighted by molar-refractivity contribution is 6.31. The van der Waals surface area contributed by atoms with Crippen molar-refractivity contribution in [3.63, 3.8) is 0 Å². The molecule has 0 fully saturated rings. The third-order valence-electron chi connectivity index (χ3n) is 3.67. The van der Waals surface area contributed by atoms with Gasteiger partial charge in [-0.25, -0.2) is 0 Å². The monoisotopic (exact) mass is 238 g/mol. The van der Waals surface area contributed by atoms with E-state index >= 15 is 0 Å². The first-order valence-electron chi connectivity index (χ1n) is 5.45. The molecule has 0 amide bonds. The Morgan fingerprint density at radius 3 is 2.81 bits per heavy atom. The molecule has 2 nitrogen and oxygen atoms in total. The van der Waals surface area contributed by atoms with Crippen LogP contribution in [0.2, 0.25) is 5.02 Å². The van der Waals surface area contributed by atoms with Gasteiger partial charge in [-0.05, 0) is 30.0 Å². The molecule has 16 heavy (non-hydrogen) atoms. The molecule has 0 heterocycles. The van der Waals surface area contributed by atoms with Crippen LogP contribution >= 0.6 is 11.6 Å².